The Morgan fingerprint density at radius 1 is 0.929 bits per heavy atom. The summed E-state index contributed by atoms with van der Waals surface area (Å²) in [7, 11) is 1.69. The van der Waals surface area contributed by atoms with Gasteiger partial charge in [-0.3, -0.25) is 4.90 Å². The van der Waals surface area contributed by atoms with Crippen LogP contribution in [-0.4, -0.2) is 62.6 Å². The summed E-state index contributed by atoms with van der Waals surface area (Å²) < 4.78 is 11.1. The molecule has 1 aliphatic heterocycles. The van der Waals surface area contributed by atoms with Crippen molar-refractivity contribution in [2.24, 2.45) is 0 Å². The van der Waals surface area contributed by atoms with E-state index in [9.17, 15) is 5.11 Å². The molecular weight excluding hydrogens is 352 g/mol. The second kappa shape index (κ2) is 9.80. The van der Waals surface area contributed by atoms with Gasteiger partial charge in [-0.15, -0.1) is 0 Å². The molecule has 0 amide bonds. The van der Waals surface area contributed by atoms with Crippen molar-refractivity contribution in [1.82, 2.24) is 4.90 Å². The van der Waals surface area contributed by atoms with Gasteiger partial charge in [0.25, 0.3) is 0 Å². The van der Waals surface area contributed by atoms with Gasteiger partial charge in [-0.25, -0.2) is 0 Å². The van der Waals surface area contributed by atoms with E-state index in [1.807, 2.05) is 24.3 Å². The number of ether oxygens (including phenoxy) is 2. The number of rotatable bonds is 7. The van der Waals surface area contributed by atoms with Crippen LogP contribution in [0, 0.1) is 13.8 Å². The lowest BCUT2D eigenvalue weighted by Crippen LogP contribution is -2.38. The average molecular weight is 385 g/mol. The van der Waals surface area contributed by atoms with Crippen molar-refractivity contribution in [2.45, 2.75) is 26.4 Å². The van der Waals surface area contributed by atoms with E-state index >= 15 is 0 Å². The third kappa shape index (κ3) is 5.88. The molecule has 1 fully saturated rings. The fourth-order valence-electron chi connectivity index (χ4n) is 3.76. The SMILES string of the molecule is COc1ccc(N2CCCN(C[C@@H](O)COc3cc(C)cc(C)c3)CC2)cc1. The molecule has 0 unspecified atom stereocenters. The standard InChI is InChI=1S/C23H32N2O3/c1-18-13-19(2)15-23(14-18)28-17-21(26)16-24-9-4-10-25(12-11-24)20-5-7-22(27-3)8-6-20/h5-8,13-15,21,26H,4,9-12,16-17H2,1-3H3/t21-/m1/s1. The van der Waals surface area contributed by atoms with Crippen molar-refractivity contribution in [1.29, 1.82) is 0 Å². The summed E-state index contributed by atoms with van der Waals surface area (Å²) in [5.41, 5.74) is 3.58. The molecule has 1 N–H and O–H groups in total. The van der Waals surface area contributed by atoms with Gasteiger partial charge >= 0.3 is 0 Å². The predicted molar refractivity (Wildman–Crippen MR) is 114 cm³/mol. The number of hydrogen-bond donors (Lipinski definition) is 1. The van der Waals surface area contributed by atoms with Crippen molar-refractivity contribution in [3.8, 4) is 11.5 Å². The Hall–Kier alpha value is -2.24. The Kier molecular flexibility index (Phi) is 7.18. The molecule has 0 spiro atoms. The Bertz CT molecular complexity index is 728. The fraction of sp³-hybridized carbons (Fsp3) is 0.478. The highest BCUT2D eigenvalue weighted by Crippen LogP contribution is 2.21. The molecule has 152 valence electrons. The first-order valence-electron chi connectivity index (χ1n) is 10.0. The highest BCUT2D eigenvalue weighted by Gasteiger charge is 2.18. The van der Waals surface area contributed by atoms with Crippen LogP contribution in [0.4, 0.5) is 5.69 Å². The van der Waals surface area contributed by atoms with Gasteiger partial charge in [-0.2, -0.15) is 0 Å². The van der Waals surface area contributed by atoms with Crippen molar-refractivity contribution in [3.05, 3.63) is 53.6 Å². The minimum atomic E-state index is -0.492. The summed E-state index contributed by atoms with van der Waals surface area (Å²) >= 11 is 0. The predicted octanol–water partition coefficient (Wildman–Crippen LogP) is 3.26. The van der Waals surface area contributed by atoms with E-state index < -0.39 is 6.10 Å². The maximum absolute atomic E-state index is 10.4. The lowest BCUT2D eigenvalue weighted by molar-refractivity contribution is 0.0704. The fourth-order valence-corrected chi connectivity index (χ4v) is 3.76. The molecule has 0 bridgehead atoms. The van der Waals surface area contributed by atoms with Gasteiger partial charge in [0.1, 0.15) is 24.2 Å². The molecule has 1 aliphatic rings. The van der Waals surface area contributed by atoms with E-state index in [4.69, 9.17) is 9.47 Å². The number of aryl methyl sites for hydroxylation is 2. The molecular formula is C23H32N2O3. The largest absolute Gasteiger partial charge is 0.497 e. The van der Waals surface area contributed by atoms with E-state index in [1.54, 1.807) is 7.11 Å². The Balaban J connectivity index is 1.47. The summed E-state index contributed by atoms with van der Waals surface area (Å²) in [4.78, 5) is 4.73. The van der Waals surface area contributed by atoms with E-state index in [0.717, 1.165) is 44.1 Å². The first kappa shape index (κ1) is 20.5. The Morgan fingerprint density at radius 2 is 1.64 bits per heavy atom. The minimum absolute atomic E-state index is 0.321. The maximum Gasteiger partial charge on any atom is 0.119 e. The van der Waals surface area contributed by atoms with Gasteiger partial charge in [0.2, 0.25) is 0 Å². The van der Waals surface area contributed by atoms with E-state index in [0.29, 0.717) is 13.2 Å². The summed E-state index contributed by atoms with van der Waals surface area (Å²) in [5.74, 6) is 1.71. The lowest BCUT2D eigenvalue weighted by atomic mass is 10.1. The van der Waals surface area contributed by atoms with Crippen molar-refractivity contribution < 1.29 is 14.6 Å². The van der Waals surface area contributed by atoms with E-state index in [-0.39, 0.29) is 0 Å². The van der Waals surface area contributed by atoms with Crippen LogP contribution < -0.4 is 14.4 Å². The Morgan fingerprint density at radius 3 is 2.32 bits per heavy atom. The maximum atomic E-state index is 10.4. The second-order valence-corrected chi connectivity index (χ2v) is 7.63. The van der Waals surface area contributed by atoms with Crippen molar-refractivity contribution in [2.75, 3.05) is 51.3 Å². The van der Waals surface area contributed by atoms with E-state index in [2.05, 4.69) is 41.8 Å². The normalized spacial score (nSPS) is 16.5. The zero-order valence-electron chi connectivity index (χ0n) is 17.2. The van der Waals surface area contributed by atoms with Gasteiger partial charge in [0.15, 0.2) is 0 Å². The average Bonchev–Trinajstić information content (AvgIpc) is 2.91. The summed E-state index contributed by atoms with van der Waals surface area (Å²) in [5, 5.41) is 10.4. The lowest BCUT2D eigenvalue weighted by Gasteiger charge is -2.25. The molecule has 0 radical (unpaired) electrons. The monoisotopic (exact) mass is 384 g/mol. The zero-order chi connectivity index (χ0) is 19.9. The van der Waals surface area contributed by atoms with E-state index in [1.165, 1.54) is 16.8 Å². The van der Waals surface area contributed by atoms with Crippen molar-refractivity contribution in [3.63, 3.8) is 0 Å². The Labute approximate surface area is 168 Å². The van der Waals surface area contributed by atoms with Crippen LogP contribution >= 0.6 is 0 Å². The molecule has 5 nitrogen and oxygen atoms in total. The van der Waals surface area contributed by atoms with Gasteiger partial charge in [0, 0.05) is 31.9 Å². The molecule has 0 aromatic heterocycles. The smallest absolute Gasteiger partial charge is 0.119 e. The zero-order valence-corrected chi connectivity index (χ0v) is 17.2. The highest BCUT2D eigenvalue weighted by atomic mass is 16.5. The molecule has 2 aromatic rings. The molecule has 1 saturated heterocycles. The number of hydrogen-bond acceptors (Lipinski definition) is 5. The number of anilines is 1. The molecule has 0 saturated carbocycles. The molecule has 28 heavy (non-hydrogen) atoms. The number of methoxy groups -OCH3 is 1. The van der Waals surface area contributed by atoms with Gasteiger partial charge in [0.05, 0.1) is 7.11 Å². The number of aliphatic hydroxyl groups is 1. The van der Waals surface area contributed by atoms with Crippen LogP contribution in [0.15, 0.2) is 42.5 Å². The van der Waals surface area contributed by atoms with Crippen molar-refractivity contribution >= 4 is 5.69 Å². The number of benzene rings is 2. The molecule has 1 atom stereocenters. The summed E-state index contributed by atoms with van der Waals surface area (Å²) in [6, 6.07) is 14.4. The molecule has 1 heterocycles. The molecule has 5 heteroatoms. The van der Waals surface area contributed by atoms with Crippen LogP contribution in [0.1, 0.15) is 17.5 Å². The van der Waals surface area contributed by atoms with Crippen LogP contribution in [0.25, 0.3) is 0 Å². The summed E-state index contributed by atoms with van der Waals surface area (Å²) in [6.07, 6.45) is 0.588. The number of nitrogens with zero attached hydrogens (tertiary/aromatic N) is 2. The minimum Gasteiger partial charge on any atom is -0.497 e. The highest BCUT2D eigenvalue weighted by molar-refractivity contribution is 5.49. The second-order valence-electron chi connectivity index (χ2n) is 7.63. The number of aliphatic hydroxyl groups excluding tert-OH is 1. The van der Waals surface area contributed by atoms with Crippen LogP contribution in [0.2, 0.25) is 0 Å². The molecule has 0 aliphatic carbocycles. The molecule has 2 aromatic carbocycles. The van der Waals surface area contributed by atoms with Gasteiger partial charge in [-0.1, -0.05) is 6.07 Å². The first-order chi connectivity index (χ1) is 13.5. The number of β-amino-alcohol motifs (C(OH)–C–C–N with tert-alkyl or cyclic N) is 1. The third-order valence-electron chi connectivity index (χ3n) is 5.13. The van der Waals surface area contributed by atoms with Crippen LogP contribution in [0.5, 0.6) is 11.5 Å². The quantitative estimate of drug-likeness (QED) is 0.794. The topological polar surface area (TPSA) is 45.2 Å². The van der Waals surface area contributed by atoms with Crippen LogP contribution in [-0.2, 0) is 0 Å². The van der Waals surface area contributed by atoms with Gasteiger partial charge < -0.3 is 19.5 Å². The van der Waals surface area contributed by atoms with Crippen LogP contribution in [0.3, 0.4) is 0 Å². The first-order valence-corrected chi connectivity index (χ1v) is 10.0. The van der Waals surface area contributed by atoms with Gasteiger partial charge in [-0.05, 0) is 74.3 Å². The third-order valence-corrected chi connectivity index (χ3v) is 5.13. The summed E-state index contributed by atoms with van der Waals surface area (Å²) in [6.45, 7) is 8.99. The molecule has 3 rings (SSSR count).